The molecule has 1 aromatic heterocycles. The summed E-state index contributed by atoms with van der Waals surface area (Å²) in [6.45, 7) is 0.394. The Morgan fingerprint density at radius 1 is 0.650 bits per heavy atom. The topological polar surface area (TPSA) is 50.8 Å². The molecule has 0 aliphatic rings. The second-order valence-electron chi connectivity index (χ2n) is 9.57. The molecule has 0 unspecified atom stereocenters. The van der Waals surface area contributed by atoms with Crippen LogP contribution in [0.15, 0.2) is 152 Å². The molecule has 0 aliphatic carbocycles. The van der Waals surface area contributed by atoms with Crippen molar-refractivity contribution >= 4 is 0 Å². The second-order valence-corrected chi connectivity index (χ2v) is 9.57. The fourth-order valence-corrected chi connectivity index (χ4v) is 5.27. The maximum Gasteiger partial charge on any atom is 0.129 e. The van der Waals surface area contributed by atoms with Gasteiger partial charge in [0.15, 0.2) is 0 Å². The van der Waals surface area contributed by atoms with Crippen LogP contribution in [0.1, 0.15) is 27.8 Å². The van der Waals surface area contributed by atoms with Gasteiger partial charge in [0.1, 0.15) is 17.9 Å². The third kappa shape index (κ3) is 4.66. The summed E-state index contributed by atoms with van der Waals surface area (Å²) in [5.41, 5.74) is 6.16. The van der Waals surface area contributed by atoms with Gasteiger partial charge >= 0.3 is 0 Å². The minimum absolute atomic E-state index is 0.394. The van der Waals surface area contributed by atoms with E-state index in [0.29, 0.717) is 12.2 Å². The highest BCUT2D eigenvalue weighted by molar-refractivity contribution is 5.67. The average molecular weight is 518 g/mol. The highest BCUT2D eigenvalue weighted by atomic mass is 16.5. The summed E-state index contributed by atoms with van der Waals surface area (Å²) >= 11 is 0. The fourth-order valence-electron chi connectivity index (χ4n) is 5.27. The lowest BCUT2D eigenvalue weighted by molar-refractivity contribution is 0.307. The van der Waals surface area contributed by atoms with Crippen LogP contribution in [0.5, 0.6) is 5.75 Å². The van der Waals surface area contributed by atoms with Gasteiger partial charge in [0.25, 0.3) is 0 Å². The van der Waals surface area contributed by atoms with Crippen molar-refractivity contribution < 1.29 is 4.74 Å². The van der Waals surface area contributed by atoms with Crippen molar-refractivity contribution in [2.75, 3.05) is 0 Å². The summed E-state index contributed by atoms with van der Waals surface area (Å²) in [4.78, 5) is 4.91. The Labute approximate surface area is 234 Å². The van der Waals surface area contributed by atoms with Gasteiger partial charge in [0.05, 0.1) is 23.7 Å². The number of hydrogen-bond acceptors (Lipinski definition) is 3. The molecule has 0 fully saturated rings. The number of rotatable bonds is 8. The van der Waals surface area contributed by atoms with E-state index in [1.165, 1.54) is 0 Å². The number of hydrogen-bond donors (Lipinski definition) is 0. The van der Waals surface area contributed by atoms with Crippen molar-refractivity contribution in [3.05, 3.63) is 180 Å². The molecule has 0 radical (unpaired) electrons. The van der Waals surface area contributed by atoms with Crippen molar-refractivity contribution in [2.45, 2.75) is 12.1 Å². The number of nitriles is 1. The van der Waals surface area contributed by atoms with E-state index in [4.69, 9.17) is 15.0 Å². The Morgan fingerprint density at radius 2 is 1.18 bits per heavy atom. The Kier molecular flexibility index (Phi) is 6.94. The monoisotopic (exact) mass is 517 g/mol. The molecule has 0 bridgehead atoms. The average Bonchev–Trinajstić information content (AvgIpc) is 3.53. The molecular formula is C36H27N3O. The molecule has 0 spiro atoms. The van der Waals surface area contributed by atoms with Gasteiger partial charge in [0, 0.05) is 11.8 Å². The zero-order valence-electron chi connectivity index (χ0n) is 21.9. The van der Waals surface area contributed by atoms with Crippen LogP contribution >= 0.6 is 0 Å². The molecular weight excluding hydrogens is 490 g/mol. The van der Waals surface area contributed by atoms with E-state index in [2.05, 4.69) is 89.6 Å². The molecule has 40 heavy (non-hydrogen) atoms. The Balaban J connectivity index is 1.45. The van der Waals surface area contributed by atoms with E-state index in [0.717, 1.165) is 39.3 Å². The van der Waals surface area contributed by atoms with Gasteiger partial charge in [-0.15, -0.1) is 0 Å². The molecule has 0 atom stereocenters. The van der Waals surface area contributed by atoms with Gasteiger partial charge in [-0.3, -0.25) is 0 Å². The molecule has 4 heteroatoms. The van der Waals surface area contributed by atoms with Crippen LogP contribution in [-0.4, -0.2) is 9.55 Å². The van der Waals surface area contributed by atoms with Crippen molar-refractivity contribution in [3.8, 4) is 23.1 Å². The molecule has 1 heterocycles. The normalized spacial score (nSPS) is 11.1. The van der Waals surface area contributed by atoms with Gasteiger partial charge in [-0.1, -0.05) is 115 Å². The Morgan fingerprint density at radius 3 is 1.73 bits per heavy atom. The van der Waals surface area contributed by atoms with E-state index in [1.54, 1.807) is 0 Å². The lowest BCUT2D eigenvalue weighted by atomic mass is 9.77. The molecule has 0 saturated heterocycles. The number of benzene rings is 5. The summed E-state index contributed by atoms with van der Waals surface area (Å²) in [6.07, 6.45) is 4.02. The lowest BCUT2D eigenvalue weighted by Gasteiger charge is -2.37. The van der Waals surface area contributed by atoms with Crippen molar-refractivity contribution in [1.82, 2.24) is 9.55 Å². The zero-order chi connectivity index (χ0) is 27.2. The standard InChI is InChI=1S/C36H27N3O/c37-24-28-20-22-29(23-21-28)26-40-35-19-11-10-18-33(35)34-25-39(27-38-34)36(30-12-4-1-5-13-30,31-14-6-2-7-15-31)32-16-8-3-9-17-32/h1-23,25,27H,26H2. The van der Waals surface area contributed by atoms with E-state index in [-0.39, 0.29) is 0 Å². The fraction of sp³-hybridized carbons (Fsp3) is 0.0556. The van der Waals surface area contributed by atoms with Gasteiger partial charge < -0.3 is 9.30 Å². The van der Waals surface area contributed by atoms with Crippen LogP contribution in [0, 0.1) is 11.3 Å². The number of ether oxygens (including phenoxy) is 1. The van der Waals surface area contributed by atoms with Crippen LogP contribution in [0.4, 0.5) is 0 Å². The molecule has 0 aliphatic heterocycles. The van der Waals surface area contributed by atoms with E-state index in [9.17, 15) is 0 Å². The SMILES string of the molecule is N#Cc1ccc(COc2ccccc2-c2cn(C(c3ccccc3)(c3ccccc3)c3ccccc3)cn2)cc1. The molecule has 6 rings (SSSR count). The smallest absolute Gasteiger partial charge is 0.129 e. The molecule has 192 valence electrons. The van der Waals surface area contributed by atoms with Crippen LogP contribution in [0.25, 0.3) is 11.3 Å². The highest BCUT2D eigenvalue weighted by Gasteiger charge is 2.38. The number of nitrogens with zero attached hydrogens (tertiary/aromatic N) is 3. The number of para-hydroxylation sites is 1. The van der Waals surface area contributed by atoms with Crippen molar-refractivity contribution in [2.24, 2.45) is 0 Å². The van der Waals surface area contributed by atoms with Gasteiger partial charge in [-0.2, -0.15) is 5.26 Å². The molecule has 0 saturated carbocycles. The van der Waals surface area contributed by atoms with Crippen LogP contribution in [-0.2, 0) is 12.1 Å². The predicted molar refractivity (Wildman–Crippen MR) is 158 cm³/mol. The maximum atomic E-state index is 9.09. The van der Waals surface area contributed by atoms with Crippen LogP contribution in [0.3, 0.4) is 0 Å². The van der Waals surface area contributed by atoms with Crippen LogP contribution < -0.4 is 4.74 Å². The minimum atomic E-state index is -0.632. The summed E-state index contributed by atoms with van der Waals surface area (Å²) < 4.78 is 8.48. The van der Waals surface area contributed by atoms with Crippen molar-refractivity contribution in [3.63, 3.8) is 0 Å². The summed E-state index contributed by atoms with van der Waals surface area (Å²) in [6, 6.07) is 49.3. The first-order chi connectivity index (χ1) is 19.8. The quantitative estimate of drug-likeness (QED) is 0.193. The first kappa shape index (κ1) is 24.9. The Bertz CT molecular complexity index is 1640. The third-order valence-corrected chi connectivity index (χ3v) is 7.18. The lowest BCUT2D eigenvalue weighted by Crippen LogP contribution is -2.36. The van der Waals surface area contributed by atoms with Gasteiger partial charge in [-0.05, 0) is 46.5 Å². The van der Waals surface area contributed by atoms with E-state index >= 15 is 0 Å². The van der Waals surface area contributed by atoms with Gasteiger partial charge in [-0.25, -0.2) is 4.98 Å². The Hall–Kier alpha value is -5.40. The molecule has 4 nitrogen and oxygen atoms in total. The first-order valence-corrected chi connectivity index (χ1v) is 13.2. The predicted octanol–water partition coefficient (Wildman–Crippen LogP) is 7.84. The van der Waals surface area contributed by atoms with Crippen LogP contribution in [0.2, 0.25) is 0 Å². The molecule has 0 amide bonds. The summed E-state index contributed by atoms with van der Waals surface area (Å²) in [5, 5.41) is 9.09. The van der Waals surface area contributed by atoms with Crippen molar-refractivity contribution in [1.29, 1.82) is 5.26 Å². The zero-order valence-corrected chi connectivity index (χ0v) is 21.9. The number of aromatic nitrogens is 2. The molecule has 6 aromatic rings. The second kappa shape index (κ2) is 11.1. The third-order valence-electron chi connectivity index (χ3n) is 7.18. The maximum absolute atomic E-state index is 9.09. The largest absolute Gasteiger partial charge is 0.488 e. The highest BCUT2D eigenvalue weighted by Crippen LogP contribution is 2.42. The molecule has 5 aromatic carbocycles. The first-order valence-electron chi connectivity index (χ1n) is 13.2. The summed E-state index contributed by atoms with van der Waals surface area (Å²) in [7, 11) is 0. The number of imidazole rings is 1. The van der Waals surface area contributed by atoms with Gasteiger partial charge in [0.2, 0.25) is 0 Å². The van der Waals surface area contributed by atoms with E-state index < -0.39 is 5.54 Å². The minimum Gasteiger partial charge on any atom is -0.488 e. The molecule has 0 N–H and O–H groups in total. The summed E-state index contributed by atoms with van der Waals surface area (Å²) in [5.74, 6) is 0.752. The van der Waals surface area contributed by atoms with E-state index in [1.807, 2.05) is 73.1 Å².